The van der Waals surface area contributed by atoms with Gasteiger partial charge in [-0.3, -0.25) is 4.79 Å². The second-order valence-corrected chi connectivity index (χ2v) is 10.8. The van der Waals surface area contributed by atoms with Gasteiger partial charge in [0.2, 0.25) is 0 Å². The molecule has 4 heteroatoms. The van der Waals surface area contributed by atoms with Gasteiger partial charge in [0.25, 0.3) is 0 Å². The van der Waals surface area contributed by atoms with Gasteiger partial charge >= 0.3 is 5.97 Å². The largest absolute Gasteiger partial charge is 0.466 e. The summed E-state index contributed by atoms with van der Waals surface area (Å²) >= 11 is 3.79. The van der Waals surface area contributed by atoms with Gasteiger partial charge in [0.15, 0.2) is 0 Å². The van der Waals surface area contributed by atoms with E-state index in [0.717, 1.165) is 30.6 Å². The molecule has 1 aromatic carbocycles. The number of thioether (sulfide) groups is 1. The molecule has 0 radical (unpaired) electrons. The zero-order valence-corrected chi connectivity index (χ0v) is 21.6. The van der Waals surface area contributed by atoms with Crippen LogP contribution in [0.25, 0.3) is 0 Å². The van der Waals surface area contributed by atoms with Crippen molar-refractivity contribution in [2.75, 3.05) is 12.4 Å². The third kappa shape index (κ3) is 6.00. The molecular formula is C28H36O2S2. The van der Waals surface area contributed by atoms with Crippen molar-refractivity contribution in [2.45, 2.75) is 89.4 Å². The van der Waals surface area contributed by atoms with Crippen LogP contribution in [0.3, 0.4) is 0 Å². The molecule has 0 bridgehead atoms. The first-order chi connectivity index (χ1) is 15.5. The SMILES string of the molecule is CCOC(=O)CCCCc1ccc(C#Cc2cc3c(cc2CC)SCCC3(CC)CC)s1. The Morgan fingerprint density at radius 3 is 2.62 bits per heavy atom. The van der Waals surface area contributed by atoms with Gasteiger partial charge in [-0.1, -0.05) is 32.6 Å². The van der Waals surface area contributed by atoms with Crippen LogP contribution in [0.1, 0.15) is 92.7 Å². The van der Waals surface area contributed by atoms with E-state index in [9.17, 15) is 4.79 Å². The Morgan fingerprint density at radius 1 is 1.09 bits per heavy atom. The summed E-state index contributed by atoms with van der Waals surface area (Å²) in [6.07, 6.45) is 8.06. The second-order valence-electron chi connectivity index (χ2n) is 8.47. The highest BCUT2D eigenvalue weighted by molar-refractivity contribution is 7.99. The number of fused-ring (bicyclic) bond motifs is 1. The highest BCUT2D eigenvalue weighted by Gasteiger charge is 2.34. The Hall–Kier alpha value is -1.70. The summed E-state index contributed by atoms with van der Waals surface area (Å²) in [6.45, 7) is 9.21. The van der Waals surface area contributed by atoms with Gasteiger partial charge in [0.1, 0.15) is 0 Å². The van der Waals surface area contributed by atoms with E-state index in [-0.39, 0.29) is 5.97 Å². The van der Waals surface area contributed by atoms with Crippen LogP contribution in [-0.2, 0) is 27.8 Å². The Labute approximate surface area is 202 Å². The molecule has 0 N–H and O–H groups in total. The zero-order chi connectivity index (χ0) is 23.0. The van der Waals surface area contributed by atoms with Gasteiger partial charge in [-0.2, -0.15) is 0 Å². The molecule has 0 saturated carbocycles. The molecule has 2 nitrogen and oxygen atoms in total. The molecule has 0 aliphatic carbocycles. The molecule has 0 amide bonds. The normalized spacial score (nSPS) is 14.4. The zero-order valence-electron chi connectivity index (χ0n) is 20.0. The minimum absolute atomic E-state index is 0.0874. The van der Waals surface area contributed by atoms with Crippen LogP contribution in [0.4, 0.5) is 0 Å². The fourth-order valence-corrected chi connectivity index (χ4v) is 6.82. The first kappa shape index (κ1) is 24.9. The van der Waals surface area contributed by atoms with Gasteiger partial charge in [-0.05, 0) is 98.4 Å². The van der Waals surface area contributed by atoms with Crippen molar-refractivity contribution < 1.29 is 9.53 Å². The highest BCUT2D eigenvalue weighted by Crippen LogP contribution is 2.46. The van der Waals surface area contributed by atoms with Crippen LogP contribution in [0.2, 0.25) is 0 Å². The molecular weight excluding hydrogens is 432 g/mol. The van der Waals surface area contributed by atoms with Gasteiger partial charge in [0, 0.05) is 21.8 Å². The van der Waals surface area contributed by atoms with E-state index < -0.39 is 0 Å². The van der Waals surface area contributed by atoms with Crippen LogP contribution in [0, 0.1) is 11.8 Å². The minimum Gasteiger partial charge on any atom is -0.466 e. The van der Waals surface area contributed by atoms with Crippen molar-refractivity contribution in [2.24, 2.45) is 0 Å². The van der Waals surface area contributed by atoms with Crippen molar-refractivity contribution in [3.8, 4) is 11.8 Å². The molecule has 0 fully saturated rings. The van der Waals surface area contributed by atoms with Crippen LogP contribution in [0.5, 0.6) is 0 Å². The molecule has 32 heavy (non-hydrogen) atoms. The van der Waals surface area contributed by atoms with Crippen molar-refractivity contribution in [1.29, 1.82) is 0 Å². The summed E-state index contributed by atoms with van der Waals surface area (Å²) in [4.78, 5) is 15.4. The molecule has 1 aromatic heterocycles. The fraction of sp³-hybridized carbons (Fsp3) is 0.536. The number of carbonyl (C=O) groups is 1. The van der Waals surface area contributed by atoms with E-state index in [1.165, 1.54) is 51.5 Å². The first-order valence-corrected chi connectivity index (χ1v) is 13.9. The standard InChI is InChI=1S/C28H36O2S2/c1-5-21-20-26-25(28(6-2,7-3)17-18-31-26)19-22(21)13-14-24-16-15-23(32-24)11-9-10-12-27(29)30-8-4/h15-16,19-20H,5-12,17-18H2,1-4H3. The summed E-state index contributed by atoms with van der Waals surface area (Å²) in [6, 6.07) is 9.14. The van der Waals surface area contributed by atoms with E-state index in [4.69, 9.17) is 4.74 Å². The van der Waals surface area contributed by atoms with E-state index in [0.29, 0.717) is 18.4 Å². The monoisotopic (exact) mass is 468 g/mol. The summed E-state index contributed by atoms with van der Waals surface area (Å²) in [5, 5.41) is 0. The minimum atomic E-state index is -0.0874. The van der Waals surface area contributed by atoms with E-state index in [1.807, 2.05) is 18.7 Å². The van der Waals surface area contributed by atoms with Crippen LogP contribution in [0.15, 0.2) is 29.2 Å². The Morgan fingerprint density at radius 2 is 1.91 bits per heavy atom. The number of aryl methyl sites for hydroxylation is 2. The molecule has 2 aromatic rings. The first-order valence-electron chi connectivity index (χ1n) is 12.1. The topological polar surface area (TPSA) is 26.3 Å². The van der Waals surface area contributed by atoms with E-state index in [2.05, 4.69) is 56.9 Å². The molecule has 2 heterocycles. The van der Waals surface area contributed by atoms with E-state index in [1.54, 1.807) is 11.3 Å². The lowest BCUT2D eigenvalue weighted by Crippen LogP contribution is -2.29. The summed E-state index contributed by atoms with van der Waals surface area (Å²) in [5.74, 6) is 8.09. The fourth-order valence-electron chi connectivity index (χ4n) is 4.55. The molecule has 3 rings (SSSR count). The number of rotatable bonds is 9. The van der Waals surface area contributed by atoms with Crippen LogP contribution < -0.4 is 0 Å². The molecule has 1 aliphatic heterocycles. The number of ether oxygens (including phenoxy) is 1. The lowest BCUT2D eigenvalue weighted by molar-refractivity contribution is -0.143. The number of hydrogen-bond donors (Lipinski definition) is 0. The Kier molecular flexibility index (Phi) is 9.32. The third-order valence-corrected chi connectivity index (χ3v) is 8.81. The average molecular weight is 469 g/mol. The number of unbranched alkanes of at least 4 members (excludes halogenated alkanes) is 1. The van der Waals surface area contributed by atoms with Gasteiger partial charge in [0.05, 0.1) is 11.5 Å². The van der Waals surface area contributed by atoms with Crippen molar-refractivity contribution in [1.82, 2.24) is 0 Å². The Bertz CT molecular complexity index is 973. The maximum Gasteiger partial charge on any atom is 0.305 e. The number of carbonyl (C=O) groups excluding carboxylic acids is 1. The van der Waals surface area contributed by atoms with Crippen molar-refractivity contribution in [3.05, 3.63) is 50.7 Å². The second kappa shape index (κ2) is 12.0. The third-order valence-electron chi connectivity index (χ3n) is 6.69. The molecule has 1 aliphatic rings. The van der Waals surface area contributed by atoms with Gasteiger partial charge < -0.3 is 4.74 Å². The number of hydrogen-bond acceptors (Lipinski definition) is 4. The van der Waals surface area contributed by atoms with Gasteiger partial charge in [-0.25, -0.2) is 0 Å². The molecule has 0 unspecified atom stereocenters. The maximum atomic E-state index is 11.5. The average Bonchev–Trinajstić information content (AvgIpc) is 3.27. The number of esters is 1. The van der Waals surface area contributed by atoms with Gasteiger partial charge in [-0.15, -0.1) is 23.1 Å². The van der Waals surface area contributed by atoms with Crippen LogP contribution in [-0.4, -0.2) is 18.3 Å². The van der Waals surface area contributed by atoms with Crippen molar-refractivity contribution >= 4 is 29.1 Å². The predicted molar refractivity (Wildman–Crippen MR) is 138 cm³/mol. The summed E-state index contributed by atoms with van der Waals surface area (Å²) < 4.78 is 5.00. The number of thiophene rings is 1. The van der Waals surface area contributed by atoms with Crippen molar-refractivity contribution in [3.63, 3.8) is 0 Å². The number of benzene rings is 1. The highest BCUT2D eigenvalue weighted by atomic mass is 32.2. The molecule has 0 spiro atoms. The molecule has 0 atom stereocenters. The summed E-state index contributed by atoms with van der Waals surface area (Å²) in [7, 11) is 0. The predicted octanol–water partition coefficient (Wildman–Crippen LogP) is 7.54. The smallest absolute Gasteiger partial charge is 0.305 e. The molecule has 0 saturated heterocycles. The Balaban J connectivity index is 1.72. The van der Waals surface area contributed by atoms with E-state index >= 15 is 0 Å². The molecule has 172 valence electrons. The lowest BCUT2D eigenvalue weighted by Gasteiger charge is -2.38. The van der Waals surface area contributed by atoms with Crippen LogP contribution >= 0.6 is 23.1 Å². The summed E-state index contributed by atoms with van der Waals surface area (Å²) in [5.41, 5.74) is 4.39. The maximum absolute atomic E-state index is 11.5. The lowest BCUT2D eigenvalue weighted by atomic mass is 9.72. The quantitative estimate of drug-likeness (QED) is 0.216.